The Morgan fingerprint density at radius 2 is 2.18 bits per heavy atom. The minimum atomic E-state index is -0.729. The van der Waals surface area contributed by atoms with E-state index in [0.29, 0.717) is 5.25 Å². The van der Waals surface area contributed by atoms with Gasteiger partial charge in [-0.15, -0.1) is 0 Å². The van der Waals surface area contributed by atoms with Crippen LogP contribution in [0, 0.1) is 0 Å². The molecular formula is C10H18MgN2O3S. The van der Waals surface area contributed by atoms with Crippen LogP contribution in [-0.4, -0.2) is 63.2 Å². The first-order chi connectivity index (χ1) is 7.66. The number of aliphatic carboxylic acids is 1. The summed E-state index contributed by atoms with van der Waals surface area (Å²) >= 11 is 1.87. The van der Waals surface area contributed by atoms with Crippen molar-refractivity contribution < 1.29 is 14.7 Å². The van der Waals surface area contributed by atoms with Crippen LogP contribution in [-0.2, 0) is 4.79 Å². The summed E-state index contributed by atoms with van der Waals surface area (Å²) < 4.78 is 0. The van der Waals surface area contributed by atoms with E-state index in [1.165, 1.54) is 0 Å². The molecule has 3 N–H and O–H groups in total. The fraction of sp³-hybridized carbons (Fsp3) is 0.800. The van der Waals surface area contributed by atoms with Gasteiger partial charge in [0.2, 0.25) is 0 Å². The second-order valence-corrected chi connectivity index (χ2v) is 5.53. The number of amides is 2. The largest absolute Gasteiger partial charge is 0.481 e. The summed E-state index contributed by atoms with van der Waals surface area (Å²) in [5.41, 5.74) is 0. The van der Waals surface area contributed by atoms with Gasteiger partial charge < -0.3 is 15.7 Å². The number of unbranched alkanes of at least 4 members (excludes halogenated alkanes) is 1. The number of hydrogen-bond acceptors (Lipinski definition) is 3. The van der Waals surface area contributed by atoms with Crippen LogP contribution in [0.25, 0.3) is 0 Å². The Hall–Kier alpha value is -0.144. The van der Waals surface area contributed by atoms with Crippen LogP contribution in [0.1, 0.15) is 25.7 Å². The highest BCUT2D eigenvalue weighted by molar-refractivity contribution is 8.00. The van der Waals surface area contributed by atoms with E-state index in [1.54, 1.807) is 0 Å². The molecule has 0 aliphatic carbocycles. The molecule has 2 aliphatic heterocycles. The number of urea groups is 1. The second-order valence-electron chi connectivity index (χ2n) is 4.26. The molecule has 0 aromatic carbocycles. The molecule has 2 heterocycles. The molecule has 2 rings (SSSR count). The van der Waals surface area contributed by atoms with Gasteiger partial charge in [-0.2, -0.15) is 11.8 Å². The third-order valence-electron chi connectivity index (χ3n) is 3.07. The maximum absolute atomic E-state index is 11.1. The van der Waals surface area contributed by atoms with Crippen molar-refractivity contribution in [2.24, 2.45) is 0 Å². The summed E-state index contributed by atoms with van der Waals surface area (Å²) in [4.78, 5) is 21.5. The van der Waals surface area contributed by atoms with Gasteiger partial charge in [0, 0.05) is 17.4 Å². The van der Waals surface area contributed by atoms with Crippen molar-refractivity contribution in [3.8, 4) is 0 Å². The Labute approximate surface area is 121 Å². The highest BCUT2D eigenvalue weighted by atomic mass is 32.2. The fourth-order valence-electron chi connectivity index (χ4n) is 2.26. The van der Waals surface area contributed by atoms with Crippen molar-refractivity contribution >= 4 is 46.8 Å². The van der Waals surface area contributed by atoms with Crippen molar-refractivity contribution in [2.45, 2.75) is 43.0 Å². The topological polar surface area (TPSA) is 78.4 Å². The van der Waals surface area contributed by atoms with E-state index >= 15 is 0 Å². The predicted molar refractivity (Wildman–Crippen MR) is 70.1 cm³/mol. The fourth-order valence-corrected chi connectivity index (χ4v) is 3.81. The molecule has 7 heteroatoms. The Balaban J connectivity index is 0.00000144. The molecule has 0 aromatic rings. The van der Waals surface area contributed by atoms with Crippen LogP contribution in [0.15, 0.2) is 0 Å². The Morgan fingerprint density at radius 1 is 1.41 bits per heavy atom. The van der Waals surface area contributed by atoms with Crippen LogP contribution >= 0.6 is 11.8 Å². The number of carbonyl (C=O) groups is 2. The van der Waals surface area contributed by atoms with Gasteiger partial charge in [-0.05, 0) is 12.8 Å². The van der Waals surface area contributed by atoms with E-state index < -0.39 is 5.97 Å². The monoisotopic (exact) mass is 270 g/mol. The standard InChI is InChI=1S/C10H16N2O3S.Mg.2H/c13-8(14)4-2-1-3-7-9-6(5-16-7)11-10(15)12-9;;;/h6-7,9H,1-5H2,(H,13,14)(H2,11,12,15);;;/t6-,7-,9-;;;/m1.../s1. The van der Waals surface area contributed by atoms with Gasteiger partial charge in [-0.25, -0.2) is 4.79 Å². The predicted octanol–water partition coefficient (Wildman–Crippen LogP) is -0.119. The van der Waals surface area contributed by atoms with Gasteiger partial charge in [0.25, 0.3) is 0 Å². The van der Waals surface area contributed by atoms with E-state index in [4.69, 9.17) is 5.11 Å². The van der Waals surface area contributed by atoms with Crippen LogP contribution in [0.4, 0.5) is 4.79 Å². The summed E-state index contributed by atoms with van der Waals surface area (Å²) in [6, 6.07) is 0.440. The van der Waals surface area contributed by atoms with Crippen LogP contribution < -0.4 is 10.6 Å². The first kappa shape index (κ1) is 14.9. The van der Waals surface area contributed by atoms with Gasteiger partial charge in [-0.3, -0.25) is 4.79 Å². The first-order valence-electron chi connectivity index (χ1n) is 5.57. The van der Waals surface area contributed by atoms with E-state index in [1.807, 2.05) is 11.8 Å². The van der Waals surface area contributed by atoms with Gasteiger partial charge in [0.1, 0.15) is 0 Å². The lowest BCUT2D eigenvalue weighted by Gasteiger charge is -2.16. The molecule has 2 amide bonds. The van der Waals surface area contributed by atoms with E-state index in [-0.39, 0.29) is 47.6 Å². The number of hydrogen-bond donors (Lipinski definition) is 3. The summed E-state index contributed by atoms with van der Waals surface area (Å²) in [5, 5.41) is 14.8. The molecule has 2 aliphatic rings. The molecular weight excluding hydrogens is 252 g/mol. The maximum Gasteiger partial charge on any atom is 0.316 e. The average Bonchev–Trinajstić information content (AvgIpc) is 2.72. The normalized spacial score (nSPS) is 30.1. The summed E-state index contributed by atoms with van der Waals surface area (Å²) in [6.07, 6.45) is 2.88. The van der Waals surface area contributed by atoms with Gasteiger partial charge in [-0.1, -0.05) is 6.42 Å². The van der Waals surface area contributed by atoms with Crippen molar-refractivity contribution in [1.29, 1.82) is 0 Å². The van der Waals surface area contributed by atoms with Gasteiger partial charge in [0.15, 0.2) is 0 Å². The first-order valence-corrected chi connectivity index (χ1v) is 6.62. The summed E-state index contributed by atoms with van der Waals surface area (Å²) in [5.74, 6) is 0.236. The van der Waals surface area contributed by atoms with E-state index in [0.717, 1.165) is 25.0 Å². The lowest BCUT2D eigenvalue weighted by molar-refractivity contribution is -0.137. The summed E-state index contributed by atoms with van der Waals surface area (Å²) in [7, 11) is 0. The highest BCUT2D eigenvalue weighted by Crippen LogP contribution is 2.33. The number of thioether (sulfide) groups is 1. The number of carbonyl (C=O) groups excluding carboxylic acids is 1. The van der Waals surface area contributed by atoms with Gasteiger partial charge >= 0.3 is 35.1 Å². The molecule has 2 fully saturated rings. The molecule has 0 saturated carbocycles. The molecule has 17 heavy (non-hydrogen) atoms. The molecule has 0 bridgehead atoms. The summed E-state index contributed by atoms with van der Waals surface area (Å²) in [6.45, 7) is 0. The van der Waals surface area contributed by atoms with Crippen LogP contribution in [0.2, 0.25) is 0 Å². The SMILES string of the molecule is O=C(O)CCCC[C@H]1SC[C@H]2NC(=O)N[C@H]21.[MgH2]. The average molecular weight is 271 g/mol. The molecule has 5 nitrogen and oxygen atoms in total. The lowest BCUT2D eigenvalue weighted by atomic mass is 10.0. The lowest BCUT2D eigenvalue weighted by Crippen LogP contribution is -2.36. The maximum atomic E-state index is 11.1. The van der Waals surface area contributed by atoms with E-state index in [9.17, 15) is 9.59 Å². The van der Waals surface area contributed by atoms with Crippen molar-refractivity contribution in [3.63, 3.8) is 0 Å². The number of fused-ring (bicyclic) bond motifs is 1. The molecule has 94 valence electrons. The third kappa shape index (κ3) is 3.92. The Kier molecular flexibility index (Phi) is 5.88. The molecule has 0 spiro atoms. The number of rotatable bonds is 5. The second kappa shape index (κ2) is 6.70. The third-order valence-corrected chi connectivity index (χ3v) is 4.58. The smallest absolute Gasteiger partial charge is 0.316 e. The Bertz CT molecular complexity index is 303. The zero-order valence-electron chi connectivity index (χ0n) is 8.94. The molecule has 3 atom stereocenters. The minimum Gasteiger partial charge on any atom is -0.481 e. The van der Waals surface area contributed by atoms with Gasteiger partial charge in [0.05, 0.1) is 12.1 Å². The molecule has 0 radical (unpaired) electrons. The van der Waals surface area contributed by atoms with Crippen molar-refractivity contribution in [2.75, 3.05) is 5.75 Å². The Morgan fingerprint density at radius 3 is 2.88 bits per heavy atom. The zero-order valence-corrected chi connectivity index (χ0v) is 9.76. The number of carboxylic acids is 1. The quantitative estimate of drug-likeness (QED) is 0.370. The highest BCUT2D eigenvalue weighted by Gasteiger charge is 2.42. The van der Waals surface area contributed by atoms with Crippen molar-refractivity contribution in [3.05, 3.63) is 0 Å². The van der Waals surface area contributed by atoms with Crippen molar-refractivity contribution in [1.82, 2.24) is 10.6 Å². The van der Waals surface area contributed by atoms with Crippen LogP contribution in [0.5, 0.6) is 0 Å². The number of carboxylic acid groups (broad SMARTS) is 1. The number of nitrogens with one attached hydrogen (secondary N) is 2. The zero-order chi connectivity index (χ0) is 11.5. The molecule has 2 saturated heterocycles. The molecule has 0 aromatic heterocycles. The van der Waals surface area contributed by atoms with Crippen LogP contribution in [0.3, 0.4) is 0 Å². The molecule has 0 unspecified atom stereocenters. The minimum absolute atomic E-state index is 0. The van der Waals surface area contributed by atoms with E-state index in [2.05, 4.69) is 10.6 Å².